The molecule has 0 saturated carbocycles. The number of hydrogen-bond acceptors (Lipinski definition) is 4. The summed E-state index contributed by atoms with van der Waals surface area (Å²) < 4.78 is 0. The highest BCUT2D eigenvalue weighted by molar-refractivity contribution is 5.55. The molecule has 0 spiro atoms. The topological polar surface area (TPSA) is 77.8 Å². The van der Waals surface area contributed by atoms with Gasteiger partial charge < -0.3 is 20.1 Å². The number of aliphatic hydroxyl groups is 3. The van der Waals surface area contributed by atoms with E-state index in [1.54, 1.807) is 0 Å². The molecule has 0 aliphatic heterocycles. The largest absolute Gasteiger partial charge is 0.386 e. The van der Waals surface area contributed by atoms with Crippen molar-refractivity contribution in [3.8, 4) is 0 Å². The summed E-state index contributed by atoms with van der Waals surface area (Å²) in [5, 5.41) is 25.0. The predicted molar refractivity (Wildman–Crippen MR) is 29.5 cm³/mol. The van der Waals surface area contributed by atoms with Crippen molar-refractivity contribution < 1.29 is 20.1 Å². The van der Waals surface area contributed by atoms with Crippen LogP contribution in [0.2, 0.25) is 0 Å². The third-order valence-corrected chi connectivity index (χ3v) is 0.878. The molecule has 0 saturated heterocycles. The van der Waals surface area contributed by atoms with Crippen LogP contribution >= 0.6 is 0 Å². The lowest BCUT2D eigenvalue weighted by Gasteiger charge is -2.02. The Morgan fingerprint density at radius 2 is 1.78 bits per heavy atom. The van der Waals surface area contributed by atoms with Crippen LogP contribution in [-0.2, 0) is 4.79 Å². The summed E-state index contributed by atoms with van der Waals surface area (Å²) in [7, 11) is 0. The maximum Gasteiger partial charge on any atom is 0.151 e. The highest BCUT2D eigenvalue weighted by Crippen LogP contribution is 1.96. The van der Waals surface area contributed by atoms with E-state index >= 15 is 0 Å². The Hall–Kier alpha value is -0.450. The lowest BCUT2D eigenvalue weighted by Crippen LogP contribution is -2.13. The Balaban J connectivity index is 3.16. The van der Waals surface area contributed by atoms with Crippen molar-refractivity contribution in [1.29, 1.82) is 0 Å². The normalized spacial score (nSPS) is 13.8. The number of carbonyl (C=O) groups is 1. The molecule has 0 aromatic carbocycles. The summed E-state index contributed by atoms with van der Waals surface area (Å²) in [5.41, 5.74) is 0. The van der Waals surface area contributed by atoms with Gasteiger partial charge in [-0.1, -0.05) is 0 Å². The van der Waals surface area contributed by atoms with Crippen LogP contribution in [-0.4, -0.2) is 34.0 Å². The Bertz CT molecular complexity index is 81.0. The molecule has 0 amide bonds. The van der Waals surface area contributed by atoms with Gasteiger partial charge in [0.1, 0.15) is 12.4 Å². The Labute approximate surface area is 52.7 Å². The SMILES string of the molecule is O=CC(O)CCC(O)O. The second-order valence-electron chi connectivity index (χ2n) is 1.76. The van der Waals surface area contributed by atoms with E-state index in [0.29, 0.717) is 6.29 Å². The minimum absolute atomic E-state index is 0.0277. The molecule has 54 valence electrons. The molecule has 0 aromatic rings. The summed E-state index contributed by atoms with van der Waals surface area (Å²) in [4.78, 5) is 9.70. The Kier molecular flexibility index (Phi) is 4.21. The third kappa shape index (κ3) is 5.42. The number of aldehydes is 1. The van der Waals surface area contributed by atoms with Gasteiger partial charge in [-0.15, -0.1) is 0 Å². The molecule has 3 N–H and O–H groups in total. The van der Waals surface area contributed by atoms with Gasteiger partial charge in [-0.3, -0.25) is 0 Å². The smallest absolute Gasteiger partial charge is 0.151 e. The van der Waals surface area contributed by atoms with E-state index < -0.39 is 12.4 Å². The molecule has 0 aliphatic rings. The lowest BCUT2D eigenvalue weighted by atomic mass is 10.2. The highest BCUT2D eigenvalue weighted by atomic mass is 16.5. The van der Waals surface area contributed by atoms with Crippen molar-refractivity contribution >= 4 is 6.29 Å². The van der Waals surface area contributed by atoms with Crippen molar-refractivity contribution in [1.82, 2.24) is 0 Å². The fraction of sp³-hybridized carbons (Fsp3) is 0.800. The number of carbonyl (C=O) groups excluding carboxylic acids is 1. The summed E-state index contributed by atoms with van der Waals surface area (Å²) in [6.45, 7) is 0. The van der Waals surface area contributed by atoms with Crippen molar-refractivity contribution in [3.05, 3.63) is 0 Å². The van der Waals surface area contributed by atoms with Crippen LogP contribution in [0.25, 0.3) is 0 Å². The maximum atomic E-state index is 9.70. The van der Waals surface area contributed by atoms with Crippen LogP contribution in [0.3, 0.4) is 0 Å². The monoisotopic (exact) mass is 134 g/mol. The molecular weight excluding hydrogens is 124 g/mol. The van der Waals surface area contributed by atoms with Gasteiger partial charge in [0.25, 0.3) is 0 Å². The minimum atomic E-state index is -1.43. The zero-order valence-corrected chi connectivity index (χ0v) is 4.90. The Morgan fingerprint density at radius 1 is 1.22 bits per heavy atom. The van der Waals surface area contributed by atoms with Gasteiger partial charge in [0.15, 0.2) is 6.29 Å². The number of rotatable bonds is 4. The van der Waals surface area contributed by atoms with Crippen LogP contribution in [0, 0.1) is 0 Å². The fourth-order valence-corrected chi connectivity index (χ4v) is 0.388. The summed E-state index contributed by atoms with van der Waals surface area (Å²) in [6, 6.07) is 0. The lowest BCUT2D eigenvalue weighted by molar-refractivity contribution is -0.116. The molecule has 0 aromatic heterocycles. The average molecular weight is 134 g/mol. The zero-order chi connectivity index (χ0) is 7.28. The Morgan fingerprint density at radius 3 is 2.11 bits per heavy atom. The van der Waals surface area contributed by atoms with Crippen LogP contribution in [0.1, 0.15) is 12.8 Å². The molecule has 4 heteroatoms. The summed E-state index contributed by atoms with van der Waals surface area (Å²) in [5.74, 6) is 0. The molecule has 0 radical (unpaired) electrons. The first-order chi connectivity index (χ1) is 4.16. The van der Waals surface area contributed by atoms with Gasteiger partial charge >= 0.3 is 0 Å². The molecule has 9 heavy (non-hydrogen) atoms. The first kappa shape index (κ1) is 8.55. The van der Waals surface area contributed by atoms with E-state index in [1.165, 1.54) is 0 Å². The van der Waals surface area contributed by atoms with Gasteiger partial charge in [0.2, 0.25) is 0 Å². The van der Waals surface area contributed by atoms with E-state index in [4.69, 9.17) is 15.3 Å². The molecule has 0 fully saturated rings. The van der Waals surface area contributed by atoms with E-state index in [1.807, 2.05) is 0 Å². The van der Waals surface area contributed by atoms with Crippen molar-refractivity contribution in [3.63, 3.8) is 0 Å². The summed E-state index contributed by atoms with van der Waals surface area (Å²) >= 11 is 0. The average Bonchev–Trinajstić information content (AvgIpc) is 1.83. The molecule has 4 nitrogen and oxygen atoms in total. The molecule has 0 rings (SSSR count). The van der Waals surface area contributed by atoms with E-state index in [0.717, 1.165) is 0 Å². The third-order valence-electron chi connectivity index (χ3n) is 0.878. The van der Waals surface area contributed by atoms with Crippen molar-refractivity contribution in [2.24, 2.45) is 0 Å². The number of aliphatic hydroxyl groups excluding tert-OH is 2. The second-order valence-corrected chi connectivity index (χ2v) is 1.76. The van der Waals surface area contributed by atoms with E-state index in [-0.39, 0.29) is 12.8 Å². The molecular formula is C5H10O4. The number of hydrogen-bond donors (Lipinski definition) is 3. The molecule has 1 unspecified atom stereocenters. The molecule has 1 atom stereocenters. The van der Waals surface area contributed by atoms with Gasteiger partial charge in [0, 0.05) is 6.42 Å². The van der Waals surface area contributed by atoms with Crippen LogP contribution < -0.4 is 0 Å². The molecule has 0 aliphatic carbocycles. The standard InChI is InChI=1S/C5H10O4/c6-3-4(7)1-2-5(8)9/h3-5,7-9H,1-2H2. The maximum absolute atomic E-state index is 9.70. The van der Waals surface area contributed by atoms with Crippen LogP contribution in [0.15, 0.2) is 0 Å². The van der Waals surface area contributed by atoms with Crippen molar-refractivity contribution in [2.75, 3.05) is 0 Å². The van der Waals surface area contributed by atoms with E-state index in [9.17, 15) is 4.79 Å². The summed E-state index contributed by atoms with van der Waals surface area (Å²) in [6.07, 6.45) is -2.00. The van der Waals surface area contributed by atoms with Crippen LogP contribution in [0.5, 0.6) is 0 Å². The van der Waals surface area contributed by atoms with Crippen molar-refractivity contribution in [2.45, 2.75) is 25.2 Å². The first-order valence-corrected chi connectivity index (χ1v) is 2.66. The highest BCUT2D eigenvalue weighted by Gasteiger charge is 2.03. The van der Waals surface area contributed by atoms with Gasteiger partial charge in [-0.05, 0) is 6.42 Å². The van der Waals surface area contributed by atoms with E-state index in [2.05, 4.69) is 0 Å². The molecule has 0 bridgehead atoms. The van der Waals surface area contributed by atoms with Gasteiger partial charge in [-0.25, -0.2) is 0 Å². The minimum Gasteiger partial charge on any atom is -0.386 e. The fourth-order valence-electron chi connectivity index (χ4n) is 0.388. The first-order valence-electron chi connectivity index (χ1n) is 2.66. The van der Waals surface area contributed by atoms with Crippen LogP contribution in [0.4, 0.5) is 0 Å². The second kappa shape index (κ2) is 4.43. The quantitative estimate of drug-likeness (QED) is 0.327. The zero-order valence-electron chi connectivity index (χ0n) is 4.90. The predicted octanol–water partition coefficient (Wildman–Crippen LogP) is -1.36. The van der Waals surface area contributed by atoms with Gasteiger partial charge in [0.05, 0.1) is 0 Å². The van der Waals surface area contributed by atoms with Gasteiger partial charge in [-0.2, -0.15) is 0 Å². The molecule has 0 heterocycles.